The summed E-state index contributed by atoms with van der Waals surface area (Å²) in [4.78, 5) is 12.7. The Morgan fingerprint density at radius 2 is 1.94 bits per heavy atom. The van der Waals surface area contributed by atoms with E-state index in [1.54, 1.807) is 7.11 Å². The average Bonchev–Trinajstić information content (AvgIpc) is 2.32. The molecule has 0 radical (unpaired) electrons. The largest absolute Gasteiger partial charge is 0.496 e. The van der Waals surface area contributed by atoms with Crippen molar-refractivity contribution in [2.45, 2.75) is 41.0 Å². The van der Waals surface area contributed by atoms with Crippen LogP contribution in [0.5, 0.6) is 5.75 Å². The smallest absolute Gasteiger partial charge is 0.172 e. The Labute approximate surface area is 118 Å². The summed E-state index contributed by atoms with van der Waals surface area (Å²) in [7, 11) is 1.62. The van der Waals surface area contributed by atoms with Gasteiger partial charge >= 0.3 is 0 Å². The topological polar surface area (TPSA) is 26.3 Å². The quantitative estimate of drug-likeness (QED) is 0.754. The van der Waals surface area contributed by atoms with E-state index in [4.69, 9.17) is 4.74 Å². The van der Waals surface area contributed by atoms with Gasteiger partial charge < -0.3 is 4.74 Å². The van der Waals surface area contributed by atoms with Crippen molar-refractivity contribution in [1.29, 1.82) is 0 Å². The van der Waals surface area contributed by atoms with Gasteiger partial charge in [-0.1, -0.05) is 36.7 Å². The number of carbonyl (C=O) groups excluding carboxylic acids is 1. The van der Waals surface area contributed by atoms with Gasteiger partial charge in [0, 0.05) is 9.89 Å². The van der Waals surface area contributed by atoms with E-state index < -0.39 is 0 Å². The lowest BCUT2D eigenvalue weighted by molar-refractivity contribution is 0.0828. The monoisotopic (exact) mass is 312 g/mol. The van der Waals surface area contributed by atoms with Gasteiger partial charge in [-0.2, -0.15) is 0 Å². The molecule has 3 heteroatoms. The summed E-state index contributed by atoms with van der Waals surface area (Å²) in [6, 6.07) is 1.99. The summed E-state index contributed by atoms with van der Waals surface area (Å²) in [6.07, 6.45) is 0.806. The molecule has 0 aliphatic rings. The lowest BCUT2D eigenvalue weighted by Crippen LogP contribution is -2.25. The van der Waals surface area contributed by atoms with Crippen molar-refractivity contribution in [1.82, 2.24) is 0 Å². The fraction of sp³-hybridized carbons (Fsp3) is 0.533. The highest BCUT2D eigenvalue weighted by Gasteiger charge is 2.31. The molecule has 0 N–H and O–H groups in total. The fourth-order valence-electron chi connectivity index (χ4n) is 1.89. The number of ketones is 1. The van der Waals surface area contributed by atoms with E-state index in [1.165, 1.54) is 0 Å². The summed E-state index contributed by atoms with van der Waals surface area (Å²) in [5.74, 6) is 0.839. The number of methoxy groups -OCH3 is 1. The van der Waals surface area contributed by atoms with Crippen molar-refractivity contribution >= 4 is 21.7 Å². The molecule has 1 aromatic carbocycles. The van der Waals surface area contributed by atoms with E-state index in [2.05, 4.69) is 15.9 Å². The van der Waals surface area contributed by atoms with Crippen LogP contribution >= 0.6 is 15.9 Å². The Morgan fingerprint density at radius 1 is 1.39 bits per heavy atom. The van der Waals surface area contributed by atoms with Crippen molar-refractivity contribution in [3.05, 3.63) is 27.2 Å². The summed E-state index contributed by atoms with van der Waals surface area (Å²) >= 11 is 3.51. The Bertz CT molecular complexity index is 476. The summed E-state index contributed by atoms with van der Waals surface area (Å²) in [5, 5.41) is 0. The third-order valence-corrected chi connectivity index (χ3v) is 4.42. The molecule has 0 amide bonds. The van der Waals surface area contributed by atoms with Gasteiger partial charge in [0.05, 0.1) is 12.7 Å². The van der Waals surface area contributed by atoms with E-state index in [9.17, 15) is 4.79 Å². The molecular weight excluding hydrogens is 292 g/mol. The first-order chi connectivity index (χ1) is 8.26. The second-order valence-electron chi connectivity index (χ2n) is 5.28. The van der Waals surface area contributed by atoms with E-state index in [1.807, 2.05) is 40.7 Å². The van der Waals surface area contributed by atoms with Crippen molar-refractivity contribution in [3.8, 4) is 5.75 Å². The lowest BCUT2D eigenvalue weighted by Gasteiger charge is -2.24. The molecule has 0 saturated carbocycles. The number of carbonyl (C=O) groups is 1. The highest BCUT2D eigenvalue weighted by Crippen LogP contribution is 2.37. The second kappa shape index (κ2) is 5.43. The predicted molar refractivity (Wildman–Crippen MR) is 78.6 cm³/mol. The van der Waals surface area contributed by atoms with Crippen LogP contribution < -0.4 is 4.74 Å². The Balaban J connectivity index is 3.53. The third kappa shape index (κ3) is 2.61. The van der Waals surface area contributed by atoms with Gasteiger partial charge in [-0.15, -0.1) is 0 Å². The highest BCUT2D eigenvalue weighted by molar-refractivity contribution is 9.10. The molecule has 0 unspecified atom stereocenters. The first kappa shape index (κ1) is 15.2. The van der Waals surface area contributed by atoms with Crippen molar-refractivity contribution in [3.63, 3.8) is 0 Å². The van der Waals surface area contributed by atoms with E-state index in [0.29, 0.717) is 11.3 Å². The fourth-order valence-corrected chi connectivity index (χ4v) is 2.43. The second-order valence-corrected chi connectivity index (χ2v) is 6.13. The Hall–Kier alpha value is -0.830. The molecule has 0 bridgehead atoms. The maximum atomic E-state index is 12.7. The molecule has 0 fully saturated rings. The van der Waals surface area contributed by atoms with Crippen LogP contribution in [-0.2, 0) is 0 Å². The van der Waals surface area contributed by atoms with Crippen LogP contribution in [0, 0.1) is 19.3 Å². The molecule has 0 aliphatic heterocycles. The zero-order chi connectivity index (χ0) is 14.1. The van der Waals surface area contributed by atoms with Gasteiger partial charge in [0.25, 0.3) is 0 Å². The van der Waals surface area contributed by atoms with Crippen LogP contribution in [0.15, 0.2) is 10.5 Å². The first-order valence-electron chi connectivity index (χ1n) is 6.14. The normalized spacial score (nSPS) is 11.5. The van der Waals surface area contributed by atoms with Crippen LogP contribution in [0.3, 0.4) is 0 Å². The molecule has 0 atom stereocenters. The maximum Gasteiger partial charge on any atom is 0.172 e. The first-order valence-corrected chi connectivity index (χ1v) is 6.94. The minimum Gasteiger partial charge on any atom is -0.496 e. The molecule has 18 heavy (non-hydrogen) atoms. The van der Waals surface area contributed by atoms with Crippen LogP contribution in [0.4, 0.5) is 0 Å². The molecule has 0 aliphatic carbocycles. The zero-order valence-corrected chi connectivity index (χ0v) is 13.6. The van der Waals surface area contributed by atoms with Crippen LogP contribution in [0.2, 0.25) is 0 Å². The lowest BCUT2D eigenvalue weighted by atomic mass is 9.80. The number of hydrogen-bond donors (Lipinski definition) is 0. The van der Waals surface area contributed by atoms with Gasteiger partial charge in [0.15, 0.2) is 5.78 Å². The van der Waals surface area contributed by atoms with Crippen molar-refractivity contribution in [2.24, 2.45) is 5.41 Å². The number of aryl methyl sites for hydroxylation is 1. The van der Waals surface area contributed by atoms with Crippen LogP contribution in [-0.4, -0.2) is 12.9 Å². The van der Waals surface area contributed by atoms with E-state index in [0.717, 1.165) is 22.0 Å². The van der Waals surface area contributed by atoms with Gasteiger partial charge in [-0.3, -0.25) is 4.79 Å². The number of rotatable bonds is 4. The van der Waals surface area contributed by atoms with E-state index >= 15 is 0 Å². The Morgan fingerprint density at radius 3 is 2.39 bits per heavy atom. The molecule has 0 saturated heterocycles. The molecular formula is C15H21BrO2. The minimum absolute atomic E-state index is 0.142. The Kier molecular flexibility index (Phi) is 4.60. The van der Waals surface area contributed by atoms with Crippen LogP contribution in [0.1, 0.15) is 48.7 Å². The summed E-state index contributed by atoms with van der Waals surface area (Å²) in [6.45, 7) is 9.89. The minimum atomic E-state index is -0.370. The molecule has 0 aromatic heterocycles. The van der Waals surface area contributed by atoms with Gasteiger partial charge in [-0.05, 0) is 37.5 Å². The van der Waals surface area contributed by atoms with Crippen molar-refractivity contribution in [2.75, 3.05) is 7.11 Å². The molecule has 100 valence electrons. The maximum absolute atomic E-state index is 12.7. The average molecular weight is 313 g/mol. The molecule has 1 aromatic rings. The summed E-state index contributed by atoms with van der Waals surface area (Å²) in [5.41, 5.74) is 2.26. The molecule has 2 nitrogen and oxygen atoms in total. The van der Waals surface area contributed by atoms with Crippen molar-refractivity contribution < 1.29 is 9.53 Å². The number of ether oxygens (including phenoxy) is 1. The standard InChI is InChI=1S/C15H21BrO2/c1-7-15(4,5)14(17)12-10(3)11(16)8-9(2)13(12)18-6/h8H,7H2,1-6H3. The molecule has 1 rings (SSSR count). The zero-order valence-electron chi connectivity index (χ0n) is 12.0. The van der Waals surface area contributed by atoms with Gasteiger partial charge in [0.2, 0.25) is 0 Å². The van der Waals surface area contributed by atoms with E-state index in [-0.39, 0.29) is 11.2 Å². The summed E-state index contributed by atoms with van der Waals surface area (Å²) < 4.78 is 6.39. The third-order valence-electron chi connectivity index (χ3n) is 3.59. The molecule has 0 heterocycles. The molecule has 0 spiro atoms. The number of Topliss-reactive ketones (excluding diaryl/α,β-unsaturated/α-hetero) is 1. The SMILES string of the molecule is CCC(C)(C)C(=O)c1c(C)c(Br)cc(C)c1OC. The predicted octanol–water partition coefficient (Wildman–Crippen LogP) is 4.69. The number of halogens is 1. The number of benzene rings is 1. The van der Waals surface area contributed by atoms with Gasteiger partial charge in [-0.25, -0.2) is 0 Å². The van der Waals surface area contributed by atoms with Gasteiger partial charge in [0.1, 0.15) is 5.75 Å². The van der Waals surface area contributed by atoms with Crippen LogP contribution in [0.25, 0.3) is 0 Å². The number of hydrogen-bond acceptors (Lipinski definition) is 2. The highest BCUT2D eigenvalue weighted by atomic mass is 79.9.